The van der Waals surface area contributed by atoms with Gasteiger partial charge in [0.1, 0.15) is 0 Å². The van der Waals surface area contributed by atoms with Crippen molar-refractivity contribution in [2.24, 2.45) is 0 Å². The first-order chi connectivity index (χ1) is 8.33. The molecule has 1 atom stereocenters. The highest BCUT2D eigenvalue weighted by molar-refractivity contribution is 7.92. The van der Waals surface area contributed by atoms with Gasteiger partial charge in [-0.05, 0) is 25.1 Å². The molecule has 1 fully saturated rings. The second-order valence-corrected chi connectivity index (χ2v) is 6.35. The van der Waals surface area contributed by atoms with Gasteiger partial charge in [0.15, 0.2) is 9.84 Å². The number of sulfone groups is 1. The Morgan fingerprint density at radius 3 is 2.44 bits per heavy atom. The van der Waals surface area contributed by atoms with Crippen LogP contribution in [0.2, 0.25) is 0 Å². The van der Waals surface area contributed by atoms with Gasteiger partial charge in [-0.1, -0.05) is 12.1 Å². The third-order valence-electron chi connectivity index (χ3n) is 2.95. The van der Waals surface area contributed by atoms with Crippen molar-refractivity contribution in [3.63, 3.8) is 0 Å². The molecule has 1 aromatic carbocycles. The molecular weight excluding hydrogens is 267 g/mol. The third kappa shape index (κ3) is 2.37. The van der Waals surface area contributed by atoms with E-state index in [0.29, 0.717) is 13.0 Å². The summed E-state index contributed by atoms with van der Waals surface area (Å²) in [5.74, 6) is 0. The summed E-state index contributed by atoms with van der Waals surface area (Å²) < 4.78 is 62.7. The van der Waals surface area contributed by atoms with Crippen molar-refractivity contribution in [2.75, 3.05) is 13.1 Å². The summed E-state index contributed by atoms with van der Waals surface area (Å²) in [6, 6.07) is 4.32. The summed E-state index contributed by atoms with van der Waals surface area (Å²) in [6.45, 7) is 0.715. The molecule has 1 N–H and O–H groups in total. The van der Waals surface area contributed by atoms with E-state index in [9.17, 15) is 21.6 Å². The number of hydrogen-bond acceptors (Lipinski definition) is 3. The molecule has 0 aliphatic carbocycles. The van der Waals surface area contributed by atoms with Gasteiger partial charge in [0.2, 0.25) is 0 Å². The average molecular weight is 279 g/mol. The lowest BCUT2D eigenvalue weighted by Crippen LogP contribution is -2.26. The number of nitrogens with one attached hydrogen (secondary N) is 1. The van der Waals surface area contributed by atoms with E-state index in [1.807, 2.05) is 0 Å². The lowest BCUT2D eigenvalue weighted by Gasteiger charge is -2.16. The number of alkyl halides is 3. The van der Waals surface area contributed by atoms with Gasteiger partial charge in [0, 0.05) is 6.54 Å². The van der Waals surface area contributed by atoms with Gasteiger partial charge in [-0.3, -0.25) is 0 Å². The molecule has 1 heterocycles. The van der Waals surface area contributed by atoms with E-state index < -0.39 is 31.7 Å². The van der Waals surface area contributed by atoms with Gasteiger partial charge in [-0.2, -0.15) is 13.2 Å². The Bertz CT molecular complexity index is 533. The Morgan fingerprint density at radius 2 is 1.89 bits per heavy atom. The molecule has 1 aromatic rings. The normalized spacial score (nSPS) is 21.2. The zero-order valence-corrected chi connectivity index (χ0v) is 10.2. The Labute approximate surface area is 103 Å². The summed E-state index contributed by atoms with van der Waals surface area (Å²) in [5, 5.41) is 2.07. The van der Waals surface area contributed by atoms with Crippen molar-refractivity contribution in [3.05, 3.63) is 29.8 Å². The Morgan fingerprint density at radius 1 is 1.22 bits per heavy atom. The standard InChI is InChI=1S/C11H12F3NO2S/c12-11(13,14)9-3-1-2-4-10(9)18(16,17)8-5-6-15-7-8/h1-4,8,15H,5-7H2/t8-/m0/s1. The molecule has 1 aliphatic rings. The molecule has 1 saturated heterocycles. The SMILES string of the molecule is O=S(=O)(c1ccccc1C(F)(F)F)[C@H]1CCNC1. The van der Waals surface area contributed by atoms with Crippen LogP contribution in [0, 0.1) is 0 Å². The first kappa shape index (κ1) is 13.4. The van der Waals surface area contributed by atoms with E-state index >= 15 is 0 Å². The molecule has 0 radical (unpaired) electrons. The fourth-order valence-electron chi connectivity index (χ4n) is 2.02. The maximum Gasteiger partial charge on any atom is 0.417 e. The van der Waals surface area contributed by atoms with Crippen molar-refractivity contribution in [1.29, 1.82) is 0 Å². The average Bonchev–Trinajstić information content (AvgIpc) is 2.82. The molecular formula is C11H12F3NO2S. The summed E-state index contributed by atoms with van der Waals surface area (Å²) in [7, 11) is -3.94. The molecule has 0 amide bonds. The van der Waals surface area contributed by atoms with Crippen molar-refractivity contribution in [3.8, 4) is 0 Å². The lowest BCUT2D eigenvalue weighted by atomic mass is 10.2. The van der Waals surface area contributed by atoms with E-state index in [1.54, 1.807) is 0 Å². The van der Waals surface area contributed by atoms with Crippen LogP contribution in [-0.4, -0.2) is 26.8 Å². The van der Waals surface area contributed by atoms with Crippen LogP contribution in [-0.2, 0) is 16.0 Å². The van der Waals surface area contributed by atoms with Gasteiger partial charge in [-0.15, -0.1) is 0 Å². The minimum absolute atomic E-state index is 0.203. The summed E-state index contributed by atoms with van der Waals surface area (Å²) in [4.78, 5) is -0.619. The molecule has 0 aromatic heterocycles. The predicted octanol–water partition coefficient (Wildman–Crippen LogP) is 1.84. The van der Waals surface area contributed by atoms with E-state index in [4.69, 9.17) is 0 Å². The maximum atomic E-state index is 12.8. The first-order valence-corrected chi connectivity index (χ1v) is 6.99. The van der Waals surface area contributed by atoms with Crippen LogP contribution < -0.4 is 5.32 Å². The van der Waals surface area contributed by atoms with Crippen LogP contribution in [0.5, 0.6) is 0 Å². The molecule has 2 rings (SSSR count). The minimum atomic E-state index is -4.66. The van der Waals surface area contributed by atoms with Gasteiger partial charge in [0.25, 0.3) is 0 Å². The molecule has 3 nitrogen and oxygen atoms in total. The van der Waals surface area contributed by atoms with Crippen LogP contribution >= 0.6 is 0 Å². The minimum Gasteiger partial charge on any atom is -0.315 e. The van der Waals surface area contributed by atoms with Crippen LogP contribution in [0.4, 0.5) is 13.2 Å². The van der Waals surface area contributed by atoms with Crippen LogP contribution in [0.15, 0.2) is 29.2 Å². The topological polar surface area (TPSA) is 46.2 Å². The summed E-state index contributed by atoms with van der Waals surface area (Å²) >= 11 is 0. The van der Waals surface area contributed by atoms with Gasteiger partial charge < -0.3 is 5.32 Å². The number of halogens is 3. The smallest absolute Gasteiger partial charge is 0.315 e. The van der Waals surface area contributed by atoms with Crippen LogP contribution in [0.1, 0.15) is 12.0 Å². The highest BCUT2D eigenvalue weighted by Crippen LogP contribution is 2.35. The predicted molar refractivity (Wildman–Crippen MR) is 59.9 cm³/mol. The highest BCUT2D eigenvalue weighted by atomic mass is 32.2. The Hall–Kier alpha value is -1.08. The van der Waals surface area contributed by atoms with E-state index in [-0.39, 0.29) is 6.54 Å². The van der Waals surface area contributed by atoms with Crippen molar-refractivity contribution in [1.82, 2.24) is 5.32 Å². The Balaban J connectivity index is 2.51. The molecule has 0 saturated carbocycles. The van der Waals surface area contributed by atoms with Gasteiger partial charge in [-0.25, -0.2) is 8.42 Å². The molecule has 1 aliphatic heterocycles. The largest absolute Gasteiger partial charge is 0.417 e. The fraction of sp³-hybridized carbons (Fsp3) is 0.455. The zero-order valence-electron chi connectivity index (χ0n) is 9.37. The van der Waals surface area contributed by atoms with Crippen LogP contribution in [0.3, 0.4) is 0 Å². The van der Waals surface area contributed by atoms with E-state index in [2.05, 4.69) is 5.32 Å². The van der Waals surface area contributed by atoms with Gasteiger partial charge >= 0.3 is 6.18 Å². The van der Waals surface area contributed by atoms with E-state index in [0.717, 1.165) is 12.1 Å². The number of hydrogen-bond donors (Lipinski definition) is 1. The zero-order chi connectivity index (χ0) is 13.4. The monoisotopic (exact) mass is 279 g/mol. The summed E-state index contributed by atoms with van der Waals surface area (Å²) in [5.41, 5.74) is -1.09. The van der Waals surface area contributed by atoms with Gasteiger partial charge in [0.05, 0.1) is 15.7 Å². The second-order valence-electron chi connectivity index (χ2n) is 4.15. The number of benzene rings is 1. The van der Waals surface area contributed by atoms with Crippen molar-refractivity contribution < 1.29 is 21.6 Å². The Kier molecular flexibility index (Phi) is 3.37. The molecule has 7 heteroatoms. The lowest BCUT2D eigenvalue weighted by molar-refractivity contribution is -0.139. The first-order valence-electron chi connectivity index (χ1n) is 5.44. The highest BCUT2D eigenvalue weighted by Gasteiger charge is 2.40. The number of rotatable bonds is 2. The molecule has 100 valence electrons. The molecule has 0 spiro atoms. The van der Waals surface area contributed by atoms with Crippen molar-refractivity contribution in [2.45, 2.75) is 22.7 Å². The molecule has 0 bridgehead atoms. The quantitative estimate of drug-likeness (QED) is 0.898. The van der Waals surface area contributed by atoms with Crippen LogP contribution in [0.25, 0.3) is 0 Å². The van der Waals surface area contributed by atoms with E-state index in [1.165, 1.54) is 12.1 Å². The van der Waals surface area contributed by atoms with Crippen molar-refractivity contribution >= 4 is 9.84 Å². The molecule has 0 unspecified atom stereocenters. The fourth-order valence-corrected chi connectivity index (χ4v) is 3.90. The molecule has 18 heavy (non-hydrogen) atoms. The second kappa shape index (κ2) is 4.55. The third-order valence-corrected chi connectivity index (χ3v) is 5.20. The summed E-state index contributed by atoms with van der Waals surface area (Å²) in [6.07, 6.45) is -4.32. The maximum absolute atomic E-state index is 12.8.